The normalized spacial score (nSPS) is 15.6. The van der Waals surface area contributed by atoms with Gasteiger partial charge in [0.2, 0.25) is 0 Å². The Morgan fingerprint density at radius 3 is 2.42 bits per heavy atom. The molecule has 2 heterocycles. The van der Waals surface area contributed by atoms with Crippen LogP contribution in [0.4, 0.5) is 21.5 Å². The standard InChI is InChI=1S/C23H24FN3O6/c1-12-7-8-15(33-12)21(23(9-24)10-32-11-23)26-17-16(19(29)20(17)30)25-14-6-4-5-13(18(14)28)22(31)27(2)3/h4-8,21,25-26,28H,9-11H2,1-3H3. The maximum Gasteiger partial charge on any atom is 0.257 e. The summed E-state index contributed by atoms with van der Waals surface area (Å²) in [5.74, 6) is 0.235. The predicted molar refractivity (Wildman–Crippen MR) is 120 cm³/mol. The summed E-state index contributed by atoms with van der Waals surface area (Å²) in [6, 6.07) is 7.10. The number of hydrogen-bond acceptors (Lipinski definition) is 8. The third kappa shape index (κ3) is 3.76. The second kappa shape index (κ2) is 8.36. The molecular weight excluding hydrogens is 433 g/mol. The topological polar surface area (TPSA) is 121 Å². The summed E-state index contributed by atoms with van der Waals surface area (Å²) in [4.78, 5) is 38.4. The Kier molecular flexibility index (Phi) is 5.71. The quantitative estimate of drug-likeness (QED) is 0.349. The number of nitrogens with one attached hydrogen (secondary N) is 2. The second-order valence-electron chi connectivity index (χ2n) is 8.45. The van der Waals surface area contributed by atoms with E-state index in [1.807, 2.05) is 0 Å². The van der Waals surface area contributed by atoms with Gasteiger partial charge in [0, 0.05) is 14.1 Å². The van der Waals surface area contributed by atoms with Crippen molar-refractivity contribution in [3.8, 4) is 5.75 Å². The van der Waals surface area contributed by atoms with E-state index in [0.29, 0.717) is 11.5 Å². The van der Waals surface area contributed by atoms with E-state index in [2.05, 4.69) is 10.6 Å². The van der Waals surface area contributed by atoms with Crippen molar-refractivity contribution in [2.24, 2.45) is 5.41 Å². The first kappa shape index (κ1) is 22.5. The lowest BCUT2D eigenvalue weighted by molar-refractivity contribution is -0.136. The highest BCUT2D eigenvalue weighted by Crippen LogP contribution is 2.44. The fraction of sp³-hybridized carbons (Fsp3) is 0.348. The molecule has 4 rings (SSSR count). The number of benzene rings is 1. The molecule has 0 aliphatic carbocycles. The molecule has 0 saturated carbocycles. The van der Waals surface area contributed by atoms with Gasteiger partial charge in [-0.1, -0.05) is 6.07 Å². The van der Waals surface area contributed by atoms with Gasteiger partial charge in [0.1, 0.15) is 29.6 Å². The van der Waals surface area contributed by atoms with Crippen LogP contribution in [0, 0.1) is 12.3 Å². The van der Waals surface area contributed by atoms with Gasteiger partial charge in [-0.15, -0.1) is 0 Å². The van der Waals surface area contributed by atoms with E-state index < -0.39 is 34.9 Å². The number of furan rings is 1. The number of hydrogen-bond donors (Lipinski definition) is 3. The lowest BCUT2D eigenvalue weighted by Crippen LogP contribution is -2.52. The van der Waals surface area contributed by atoms with Gasteiger partial charge in [0.25, 0.3) is 16.8 Å². The van der Waals surface area contributed by atoms with Gasteiger partial charge >= 0.3 is 0 Å². The van der Waals surface area contributed by atoms with Crippen molar-refractivity contribution in [2.45, 2.75) is 13.0 Å². The minimum atomic E-state index is -0.957. The maximum atomic E-state index is 14.1. The Balaban J connectivity index is 1.68. The molecule has 174 valence electrons. The number of phenols is 1. The van der Waals surface area contributed by atoms with E-state index in [4.69, 9.17) is 9.15 Å². The van der Waals surface area contributed by atoms with Crippen LogP contribution in [-0.4, -0.2) is 49.9 Å². The van der Waals surface area contributed by atoms with E-state index >= 15 is 0 Å². The number of phenolic OH excluding ortho intramolecular Hbond substituents is 1. The number of carbonyl (C=O) groups is 1. The molecule has 0 spiro atoms. The molecule has 0 radical (unpaired) electrons. The first-order valence-corrected chi connectivity index (χ1v) is 10.3. The van der Waals surface area contributed by atoms with Crippen LogP contribution in [0.3, 0.4) is 0 Å². The SMILES string of the molecule is Cc1ccc(C(Nc2c(Nc3cccc(C(=O)N(C)C)c3O)c(=O)c2=O)C2(CF)COC2)o1. The van der Waals surface area contributed by atoms with E-state index in [0.717, 1.165) is 0 Å². The number of carbonyl (C=O) groups excluding carboxylic acids is 1. The van der Waals surface area contributed by atoms with E-state index in [1.165, 1.54) is 23.1 Å². The van der Waals surface area contributed by atoms with Gasteiger partial charge in [-0.2, -0.15) is 0 Å². The number of aryl methyl sites for hydroxylation is 1. The smallest absolute Gasteiger partial charge is 0.257 e. The molecule has 3 N–H and O–H groups in total. The summed E-state index contributed by atoms with van der Waals surface area (Å²) in [5.41, 5.74) is -2.56. The summed E-state index contributed by atoms with van der Waals surface area (Å²) in [6.07, 6.45) is 0. The summed E-state index contributed by atoms with van der Waals surface area (Å²) >= 11 is 0. The Labute approximate surface area is 188 Å². The fourth-order valence-electron chi connectivity index (χ4n) is 3.81. The number of para-hydroxylation sites is 1. The molecule has 1 aromatic heterocycles. The lowest BCUT2D eigenvalue weighted by Gasteiger charge is -2.45. The number of anilines is 3. The van der Waals surface area contributed by atoms with Gasteiger partial charge in [-0.3, -0.25) is 18.8 Å². The Bertz CT molecular complexity index is 1260. The van der Waals surface area contributed by atoms with E-state index in [-0.39, 0.29) is 41.6 Å². The van der Waals surface area contributed by atoms with Crippen molar-refractivity contribution in [3.05, 3.63) is 67.9 Å². The molecule has 9 nitrogen and oxygen atoms in total. The Morgan fingerprint density at radius 2 is 1.88 bits per heavy atom. The van der Waals surface area contributed by atoms with Crippen LogP contribution in [0.15, 0.2) is 44.3 Å². The summed E-state index contributed by atoms with van der Waals surface area (Å²) in [6.45, 7) is 1.26. The Hall–Kier alpha value is -3.66. The van der Waals surface area contributed by atoms with Gasteiger partial charge in [-0.25, -0.2) is 0 Å². The van der Waals surface area contributed by atoms with E-state index in [9.17, 15) is 23.9 Å². The number of ether oxygens (including phenoxy) is 1. The molecule has 1 atom stereocenters. The highest BCUT2D eigenvalue weighted by atomic mass is 19.1. The lowest BCUT2D eigenvalue weighted by atomic mass is 9.78. The van der Waals surface area contributed by atoms with Crippen molar-refractivity contribution in [2.75, 3.05) is 44.6 Å². The average Bonchev–Trinajstić information content (AvgIpc) is 3.20. The van der Waals surface area contributed by atoms with Crippen LogP contribution in [-0.2, 0) is 4.74 Å². The highest BCUT2D eigenvalue weighted by Gasteiger charge is 2.49. The predicted octanol–water partition coefficient (Wildman–Crippen LogP) is 2.47. The molecule has 0 bridgehead atoms. The fourth-order valence-corrected chi connectivity index (χ4v) is 3.81. The largest absolute Gasteiger partial charge is 0.505 e. The average molecular weight is 457 g/mol. The summed E-state index contributed by atoms with van der Waals surface area (Å²) in [7, 11) is 3.09. The molecule has 2 aromatic carbocycles. The molecule has 3 aromatic rings. The summed E-state index contributed by atoms with van der Waals surface area (Å²) in [5, 5.41) is 16.3. The minimum absolute atomic E-state index is 0.0325. The minimum Gasteiger partial charge on any atom is -0.505 e. The van der Waals surface area contributed by atoms with Crippen molar-refractivity contribution in [1.82, 2.24) is 4.90 Å². The summed E-state index contributed by atoms with van der Waals surface area (Å²) < 4.78 is 25.0. The van der Waals surface area contributed by atoms with Crippen molar-refractivity contribution in [3.63, 3.8) is 0 Å². The third-order valence-electron chi connectivity index (χ3n) is 5.83. The molecule has 1 saturated heterocycles. The number of nitrogens with zero attached hydrogens (tertiary/aromatic N) is 1. The van der Waals surface area contributed by atoms with Crippen LogP contribution >= 0.6 is 0 Å². The number of alkyl halides is 1. The van der Waals surface area contributed by atoms with Crippen LogP contribution in [0.2, 0.25) is 0 Å². The zero-order chi connectivity index (χ0) is 23.9. The van der Waals surface area contributed by atoms with Crippen molar-refractivity contribution >= 4 is 23.0 Å². The maximum absolute atomic E-state index is 14.1. The molecule has 1 aliphatic heterocycles. The van der Waals surface area contributed by atoms with Gasteiger partial charge in [0.05, 0.1) is 35.9 Å². The molecule has 1 unspecified atom stereocenters. The number of amides is 1. The first-order valence-electron chi connectivity index (χ1n) is 10.3. The molecule has 33 heavy (non-hydrogen) atoms. The zero-order valence-corrected chi connectivity index (χ0v) is 18.4. The molecule has 1 amide bonds. The molecule has 1 aliphatic rings. The van der Waals surface area contributed by atoms with Gasteiger partial charge < -0.3 is 29.8 Å². The molecule has 1 fully saturated rings. The van der Waals surface area contributed by atoms with Crippen LogP contribution < -0.4 is 21.5 Å². The van der Waals surface area contributed by atoms with Crippen LogP contribution in [0.25, 0.3) is 0 Å². The van der Waals surface area contributed by atoms with E-state index in [1.54, 1.807) is 33.2 Å². The molecule has 10 heteroatoms. The van der Waals surface area contributed by atoms with Crippen LogP contribution in [0.5, 0.6) is 5.75 Å². The van der Waals surface area contributed by atoms with Gasteiger partial charge in [-0.05, 0) is 31.2 Å². The molecular formula is C23H24FN3O6. The third-order valence-corrected chi connectivity index (χ3v) is 5.83. The number of rotatable bonds is 8. The Morgan fingerprint density at radius 1 is 1.18 bits per heavy atom. The van der Waals surface area contributed by atoms with Crippen LogP contribution in [0.1, 0.15) is 27.9 Å². The van der Waals surface area contributed by atoms with Crippen molar-refractivity contribution < 1.29 is 23.4 Å². The zero-order valence-electron chi connectivity index (χ0n) is 18.4. The first-order chi connectivity index (χ1) is 15.7. The monoisotopic (exact) mass is 457 g/mol. The highest BCUT2D eigenvalue weighted by molar-refractivity contribution is 5.99. The number of aromatic hydroxyl groups is 1. The van der Waals surface area contributed by atoms with Crippen molar-refractivity contribution in [1.29, 1.82) is 0 Å². The van der Waals surface area contributed by atoms with Gasteiger partial charge in [0.15, 0.2) is 5.75 Å². The second-order valence-corrected chi connectivity index (χ2v) is 8.45. The number of halogens is 1.